The van der Waals surface area contributed by atoms with Crippen LogP contribution in [0.15, 0.2) is 53.3 Å². The van der Waals surface area contributed by atoms with Crippen LogP contribution < -0.4 is 5.56 Å². The summed E-state index contributed by atoms with van der Waals surface area (Å²) >= 11 is 1.67. The highest BCUT2D eigenvalue weighted by Gasteiger charge is 2.31. The summed E-state index contributed by atoms with van der Waals surface area (Å²) in [5.74, 6) is 0.0373. The van der Waals surface area contributed by atoms with Gasteiger partial charge in [0, 0.05) is 19.0 Å². The van der Waals surface area contributed by atoms with Crippen molar-refractivity contribution < 1.29 is 4.79 Å². The molecule has 7 heteroatoms. The Kier molecular flexibility index (Phi) is 4.83. The van der Waals surface area contributed by atoms with Crippen molar-refractivity contribution in [2.75, 3.05) is 6.54 Å². The quantitative estimate of drug-likeness (QED) is 0.507. The van der Waals surface area contributed by atoms with Gasteiger partial charge in [0.05, 0.1) is 33.8 Å². The highest BCUT2D eigenvalue weighted by atomic mass is 32.1. The number of fused-ring (bicyclic) bond motifs is 2. The summed E-state index contributed by atoms with van der Waals surface area (Å²) < 4.78 is 2.47. The number of benzene rings is 2. The SMILES string of the molecule is Cn1nc(CC(=O)N2CCCCC2c2nc3ccccc3s2)c2ccccc2c1=O. The first-order valence-corrected chi connectivity index (χ1v) is 11.0. The van der Waals surface area contributed by atoms with Crippen LogP contribution in [0.5, 0.6) is 0 Å². The number of carbonyl (C=O) groups excluding carboxylic acids is 1. The summed E-state index contributed by atoms with van der Waals surface area (Å²) in [5.41, 5.74) is 1.49. The molecule has 3 heterocycles. The lowest BCUT2D eigenvalue weighted by Gasteiger charge is -2.34. The number of amides is 1. The first-order valence-electron chi connectivity index (χ1n) is 10.2. The van der Waals surface area contributed by atoms with E-state index in [1.807, 2.05) is 41.3 Å². The third-order valence-corrected chi connectivity index (χ3v) is 6.91. The molecule has 152 valence electrons. The Labute approximate surface area is 177 Å². The minimum Gasteiger partial charge on any atom is -0.333 e. The second-order valence-electron chi connectivity index (χ2n) is 7.72. The number of hydrogen-bond acceptors (Lipinski definition) is 5. The maximum Gasteiger partial charge on any atom is 0.274 e. The fourth-order valence-electron chi connectivity index (χ4n) is 4.27. The molecule has 4 aromatic rings. The zero-order valence-corrected chi connectivity index (χ0v) is 17.6. The second kappa shape index (κ2) is 7.65. The number of aryl methyl sites for hydroxylation is 1. The molecule has 0 bridgehead atoms. The van der Waals surface area contributed by atoms with Crippen LogP contribution in [0.4, 0.5) is 0 Å². The molecule has 30 heavy (non-hydrogen) atoms. The fraction of sp³-hybridized carbons (Fsp3) is 0.304. The second-order valence-corrected chi connectivity index (χ2v) is 8.78. The highest BCUT2D eigenvalue weighted by molar-refractivity contribution is 7.18. The number of para-hydroxylation sites is 1. The molecule has 0 radical (unpaired) electrons. The van der Waals surface area contributed by atoms with Gasteiger partial charge < -0.3 is 4.90 Å². The maximum atomic E-state index is 13.4. The molecule has 1 unspecified atom stereocenters. The van der Waals surface area contributed by atoms with E-state index in [1.54, 1.807) is 24.5 Å². The largest absolute Gasteiger partial charge is 0.333 e. The summed E-state index contributed by atoms with van der Waals surface area (Å²) in [6, 6.07) is 15.5. The number of carbonyl (C=O) groups is 1. The van der Waals surface area contributed by atoms with Gasteiger partial charge in [-0.25, -0.2) is 9.67 Å². The van der Waals surface area contributed by atoms with Gasteiger partial charge in [0.2, 0.25) is 5.91 Å². The van der Waals surface area contributed by atoms with E-state index in [-0.39, 0.29) is 23.9 Å². The fourth-order valence-corrected chi connectivity index (χ4v) is 5.39. The van der Waals surface area contributed by atoms with Crippen molar-refractivity contribution in [2.45, 2.75) is 31.7 Å². The number of thiazole rings is 1. The van der Waals surface area contributed by atoms with Gasteiger partial charge in [0.1, 0.15) is 5.01 Å². The minimum atomic E-state index is -0.146. The number of hydrogen-bond donors (Lipinski definition) is 0. The highest BCUT2D eigenvalue weighted by Crippen LogP contribution is 2.36. The van der Waals surface area contributed by atoms with Gasteiger partial charge in [-0.3, -0.25) is 9.59 Å². The monoisotopic (exact) mass is 418 g/mol. The van der Waals surface area contributed by atoms with E-state index in [4.69, 9.17) is 4.98 Å². The van der Waals surface area contributed by atoms with Gasteiger partial charge in [0.15, 0.2) is 0 Å². The molecule has 2 aromatic carbocycles. The van der Waals surface area contributed by atoms with E-state index >= 15 is 0 Å². The molecule has 1 fully saturated rings. The van der Waals surface area contributed by atoms with Gasteiger partial charge in [-0.2, -0.15) is 5.10 Å². The van der Waals surface area contributed by atoms with Crippen LogP contribution in [-0.2, 0) is 18.3 Å². The van der Waals surface area contributed by atoms with Crippen molar-refractivity contribution in [1.29, 1.82) is 0 Å². The summed E-state index contributed by atoms with van der Waals surface area (Å²) in [5, 5.41) is 6.76. The van der Waals surface area contributed by atoms with Crippen LogP contribution in [0.25, 0.3) is 21.0 Å². The number of piperidine rings is 1. The van der Waals surface area contributed by atoms with Gasteiger partial charge in [-0.1, -0.05) is 30.3 Å². The molecular formula is C23H22N4O2S. The molecule has 0 saturated carbocycles. The number of nitrogens with zero attached hydrogens (tertiary/aromatic N) is 4. The molecule has 0 aliphatic carbocycles. The molecule has 1 aliphatic rings. The van der Waals surface area contributed by atoms with Crippen LogP contribution in [0.1, 0.15) is 36.0 Å². The van der Waals surface area contributed by atoms with Gasteiger partial charge >= 0.3 is 0 Å². The van der Waals surface area contributed by atoms with Crippen molar-refractivity contribution in [3.8, 4) is 0 Å². The third kappa shape index (κ3) is 3.29. The van der Waals surface area contributed by atoms with E-state index in [1.165, 1.54) is 4.68 Å². The van der Waals surface area contributed by atoms with Crippen molar-refractivity contribution in [1.82, 2.24) is 19.7 Å². The molecule has 6 nitrogen and oxygen atoms in total. The molecule has 0 spiro atoms. The van der Waals surface area contributed by atoms with Crippen molar-refractivity contribution in [3.05, 3.63) is 69.6 Å². The van der Waals surface area contributed by atoms with Gasteiger partial charge in [-0.15, -0.1) is 11.3 Å². The first kappa shape index (κ1) is 18.9. The summed E-state index contributed by atoms with van der Waals surface area (Å²) in [6.45, 7) is 0.725. The van der Waals surface area contributed by atoms with E-state index < -0.39 is 0 Å². The average Bonchev–Trinajstić information content (AvgIpc) is 3.21. The lowest BCUT2D eigenvalue weighted by Crippen LogP contribution is -2.39. The molecule has 1 saturated heterocycles. The van der Waals surface area contributed by atoms with Crippen LogP contribution in [0.3, 0.4) is 0 Å². The number of likely N-dealkylation sites (tertiary alicyclic amines) is 1. The molecule has 5 rings (SSSR count). The Morgan fingerprint density at radius 2 is 1.87 bits per heavy atom. The van der Waals surface area contributed by atoms with Gasteiger partial charge in [-0.05, 0) is 37.5 Å². The topological polar surface area (TPSA) is 68.1 Å². The molecule has 2 aromatic heterocycles. The zero-order chi connectivity index (χ0) is 20.7. The Morgan fingerprint density at radius 1 is 1.10 bits per heavy atom. The van der Waals surface area contributed by atoms with E-state index in [2.05, 4.69) is 11.2 Å². The molecule has 0 N–H and O–H groups in total. The van der Waals surface area contributed by atoms with E-state index in [0.717, 1.165) is 46.4 Å². The number of aromatic nitrogens is 3. The van der Waals surface area contributed by atoms with E-state index in [0.29, 0.717) is 11.1 Å². The Hall–Kier alpha value is -3.06. The van der Waals surface area contributed by atoms with Crippen molar-refractivity contribution in [3.63, 3.8) is 0 Å². The summed E-state index contributed by atoms with van der Waals surface area (Å²) in [4.78, 5) is 32.5. The standard InChI is InChI=1S/C23H22N4O2S/c1-26-23(29)16-9-3-2-8-15(16)18(25-26)14-21(28)27-13-7-6-11-19(27)22-24-17-10-4-5-12-20(17)30-22/h2-5,8-10,12,19H,6-7,11,13-14H2,1H3. The Balaban J connectivity index is 1.48. The lowest BCUT2D eigenvalue weighted by atomic mass is 10.0. The molecule has 1 aliphatic heterocycles. The van der Waals surface area contributed by atoms with Crippen molar-refractivity contribution in [2.24, 2.45) is 7.05 Å². The predicted molar refractivity (Wildman–Crippen MR) is 119 cm³/mol. The van der Waals surface area contributed by atoms with Crippen LogP contribution in [0.2, 0.25) is 0 Å². The average molecular weight is 419 g/mol. The zero-order valence-electron chi connectivity index (χ0n) is 16.7. The van der Waals surface area contributed by atoms with Gasteiger partial charge in [0.25, 0.3) is 5.56 Å². The molecule has 1 amide bonds. The Bertz CT molecular complexity index is 1280. The van der Waals surface area contributed by atoms with Crippen LogP contribution in [-0.4, -0.2) is 32.1 Å². The molecule has 1 atom stereocenters. The van der Waals surface area contributed by atoms with Crippen molar-refractivity contribution >= 4 is 38.2 Å². The first-order chi connectivity index (χ1) is 14.6. The van der Waals surface area contributed by atoms with E-state index in [9.17, 15) is 9.59 Å². The lowest BCUT2D eigenvalue weighted by molar-refractivity contribution is -0.134. The number of rotatable bonds is 3. The summed E-state index contributed by atoms with van der Waals surface area (Å²) in [7, 11) is 1.63. The predicted octanol–water partition coefficient (Wildman–Crippen LogP) is 3.84. The normalized spacial score (nSPS) is 17.0. The third-order valence-electron chi connectivity index (χ3n) is 5.77. The summed E-state index contributed by atoms with van der Waals surface area (Å²) in [6.07, 6.45) is 3.18. The Morgan fingerprint density at radius 3 is 2.70 bits per heavy atom. The van der Waals surface area contributed by atoms with Crippen LogP contribution >= 0.6 is 11.3 Å². The maximum absolute atomic E-state index is 13.4. The smallest absolute Gasteiger partial charge is 0.274 e. The minimum absolute atomic E-state index is 0.00226. The van der Waals surface area contributed by atoms with Crippen LogP contribution in [0, 0.1) is 0 Å². The molecular weight excluding hydrogens is 396 g/mol.